The molecule has 2 aliphatic heterocycles. The normalized spacial score (nSPS) is 19.6. The van der Waals surface area contributed by atoms with E-state index in [1.165, 1.54) is 30.2 Å². The van der Waals surface area contributed by atoms with Crippen LogP contribution in [0.15, 0.2) is 29.4 Å². The van der Waals surface area contributed by atoms with Gasteiger partial charge in [0.25, 0.3) is 0 Å². The molecule has 0 aliphatic carbocycles. The van der Waals surface area contributed by atoms with E-state index < -0.39 is 0 Å². The largest absolute Gasteiger partial charge is 0.376 e. The first-order valence-electron chi connectivity index (χ1n) is 11.8. The van der Waals surface area contributed by atoms with E-state index >= 15 is 0 Å². The highest BCUT2D eigenvalue weighted by Crippen LogP contribution is 2.28. The molecule has 32 heavy (non-hydrogen) atoms. The fourth-order valence-electron chi connectivity index (χ4n) is 4.28. The first-order valence-corrected chi connectivity index (χ1v) is 12.8. The van der Waals surface area contributed by atoms with Gasteiger partial charge in [0.05, 0.1) is 18.4 Å². The molecule has 8 heteroatoms. The van der Waals surface area contributed by atoms with E-state index in [-0.39, 0.29) is 12.0 Å². The van der Waals surface area contributed by atoms with Crippen molar-refractivity contribution >= 4 is 29.3 Å². The number of hydrogen-bond donors (Lipinski definition) is 1. The molecule has 2 saturated heterocycles. The number of anilines is 2. The summed E-state index contributed by atoms with van der Waals surface area (Å²) in [5, 5.41) is 12.8. The van der Waals surface area contributed by atoms with E-state index in [4.69, 9.17) is 4.74 Å². The minimum atomic E-state index is -0.0316. The molecule has 0 spiro atoms. The second-order valence-electron chi connectivity index (χ2n) is 9.31. The summed E-state index contributed by atoms with van der Waals surface area (Å²) in [5.41, 5.74) is 2.05. The lowest BCUT2D eigenvalue weighted by Crippen LogP contribution is -2.35. The molecule has 1 aromatic heterocycles. The van der Waals surface area contributed by atoms with Crippen LogP contribution in [0.1, 0.15) is 57.9 Å². The topological polar surface area (TPSA) is 72.3 Å². The van der Waals surface area contributed by atoms with Gasteiger partial charge < -0.3 is 15.0 Å². The van der Waals surface area contributed by atoms with Gasteiger partial charge in [-0.05, 0) is 55.2 Å². The predicted octanol–water partition coefficient (Wildman–Crippen LogP) is 4.55. The summed E-state index contributed by atoms with van der Waals surface area (Å²) in [6.07, 6.45) is 4.70. The zero-order chi connectivity index (χ0) is 22.5. The summed E-state index contributed by atoms with van der Waals surface area (Å²) in [6.45, 7) is 10.2. The zero-order valence-electron chi connectivity index (χ0n) is 19.4. The van der Waals surface area contributed by atoms with Crippen LogP contribution in [0.25, 0.3) is 0 Å². The monoisotopic (exact) mass is 457 g/mol. The van der Waals surface area contributed by atoms with Crippen LogP contribution in [-0.4, -0.2) is 52.2 Å². The molecule has 1 atom stereocenters. The van der Waals surface area contributed by atoms with Crippen molar-refractivity contribution in [2.75, 3.05) is 35.7 Å². The van der Waals surface area contributed by atoms with Crippen LogP contribution < -0.4 is 10.2 Å². The van der Waals surface area contributed by atoms with Crippen LogP contribution in [0, 0.1) is 5.92 Å². The third kappa shape index (κ3) is 5.84. The Labute approximate surface area is 195 Å². The van der Waals surface area contributed by atoms with E-state index in [1.54, 1.807) is 0 Å². The van der Waals surface area contributed by atoms with Crippen molar-refractivity contribution in [1.82, 2.24) is 14.8 Å². The van der Waals surface area contributed by atoms with Crippen LogP contribution in [-0.2, 0) is 16.1 Å². The molecule has 1 unspecified atom stereocenters. The van der Waals surface area contributed by atoms with Gasteiger partial charge in [0.2, 0.25) is 11.9 Å². The molecule has 3 heterocycles. The lowest BCUT2D eigenvalue weighted by molar-refractivity contribution is -0.113. The summed E-state index contributed by atoms with van der Waals surface area (Å²) in [5.74, 6) is 2.37. The Morgan fingerprint density at radius 3 is 2.78 bits per heavy atom. The van der Waals surface area contributed by atoms with Crippen LogP contribution in [0.5, 0.6) is 0 Å². The number of carbonyl (C=O) groups is 1. The molecule has 7 nitrogen and oxygen atoms in total. The number of thioether (sulfide) groups is 1. The number of benzene rings is 1. The third-order valence-corrected chi connectivity index (χ3v) is 7.31. The van der Waals surface area contributed by atoms with Crippen molar-refractivity contribution in [1.29, 1.82) is 0 Å². The molecule has 0 saturated carbocycles. The van der Waals surface area contributed by atoms with Crippen LogP contribution in [0.2, 0.25) is 0 Å². The molecule has 2 aliphatic rings. The highest BCUT2D eigenvalue weighted by atomic mass is 32.2. The van der Waals surface area contributed by atoms with Gasteiger partial charge in [0.15, 0.2) is 5.16 Å². The average molecular weight is 458 g/mol. The molecule has 1 N–H and O–H groups in total. The van der Waals surface area contributed by atoms with Gasteiger partial charge >= 0.3 is 0 Å². The van der Waals surface area contributed by atoms with Gasteiger partial charge in [-0.1, -0.05) is 44.7 Å². The Morgan fingerprint density at radius 1 is 1.25 bits per heavy atom. The number of rotatable bonds is 8. The van der Waals surface area contributed by atoms with Gasteiger partial charge in [-0.3, -0.25) is 9.36 Å². The van der Waals surface area contributed by atoms with Crippen LogP contribution >= 0.6 is 11.8 Å². The second-order valence-corrected chi connectivity index (χ2v) is 10.3. The molecule has 1 amide bonds. The Kier molecular flexibility index (Phi) is 7.73. The number of nitrogens with one attached hydrogen (secondary N) is 1. The maximum absolute atomic E-state index is 12.6. The summed E-state index contributed by atoms with van der Waals surface area (Å²) < 4.78 is 8.06. The first-order chi connectivity index (χ1) is 15.5. The zero-order valence-corrected chi connectivity index (χ0v) is 20.2. The lowest BCUT2D eigenvalue weighted by atomic mass is 10.00. The summed E-state index contributed by atoms with van der Waals surface area (Å²) in [6, 6.07) is 8.06. The van der Waals surface area contributed by atoms with Gasteiger partial charge in [-0.15, -0.1) is 10.2 Å². The van der Waals surface area contributed by atoms with Gasteiger partial charge in [0, 0.05) is 25.4 Å². The van der Waals surface area contributed by atoms with E-state index in [9.17, 15) is 4.79 Å². The summed E-state index contributed by atoms with van der Waals surface area (Å²) in [7, 11) is 0. The van der Waals surface area contributed by atoms with E-state index in [2.05, 4.69) is 51.8 Å². The van der Waals surface area contributed by atoms with E-state index in [1.807, 2.05) is 18.2 Å². The number of hydrogen-bond acceptors (Lipinski definition) is 6. The fourth-order valence-corrected chi connectivity index (χ4v) is 5.03. The Hall–Kier alpha value is -2.06. The van der Waals surface area contributed by atoms with Crippen molar-refractivity contribution < 1.29 is 9.53 Å². The fraction of sp³-hybridized carbons (Fsp3) is 0.625. The summed E-state index contributed by atoms with van der Waals surface area (Å²) in [4.78, 5) is 15.0. The Balaban J connectivity index is 1.42. The molecule has 2 aromatic rings. The number of nitrogens with zero attached hydrogens (tertiary/aromatic N) is 4. The SMILES string of the molecule is CC1CCN(c2nnc(SCC(=O)Nc3cccc(C(C)C)c3)n2CC2CCCO2)CC1. The maximum atomic E-state index is 12.6. The molecule has 4 rings (SSSR count). The first kappa shape index (κ1) is 23.1. The van der Waals surface area contributed by atoms with Crippen molar-refractivity contribution in [3.8, 4) is 0 Å². The predicted molar refractivity (Wildman–Crippen MR) is 129 cm³/mol. The Morgan fingerprint density at radius 2 is 2.06 bits per heavy atom. The molecule has 0 bridgehead atoms. The smallest absolute Gasteiger partial charge is 0.234 e. The van der Waals surface area contributed by atoms with Gasteiger partial charge in [-0.2, -0.15) is 0 Å². The van der Waals surface area contributed by atoms with Crippen molar-refractivity contribution in [3.05, 3.63) is 29.8 Å². The quantitative estimate of drug-likeness (QED) is 0.587. The average Bonchev–Trinajstić information content (AvgIpc) is 3.44. The molecule has 174 valence electrons. The van der Waals surface area contributed by atoms with Crippen molar-refractivity contribution in [2.24, 2.45) is 5.92 Å². The molecule has 2 fully saturated rings. The number of carbonyl (C=O) groups excluding carboxylic acids is 1. The van der Waals surface area contributed by atoms with Crippen molar-refractivity contribution in [3.63, 3.8) is 0 Å². The molecular formula is C24H35N5O2S. The number of aromatic nitrogens is 3. The van der Waals surface area contributed by atoms with E-state index in [0.717, 1.165) is 61.8 Å². The minimum absolute atomic E-state index is 0.0316. The lowest BCUT2D eigenvalue weighted by Gasteiger charge is -2.31. The molecular weight excluding hydrogens is 422 g/mol. The highest BCUT2D eigenvalue weighted by molar-refractivity contribution is 7.99. The van der Waals surface area contributed by atoms with Gasteiger partial charge in [-0.25, -0.2) is 0 Å². The second kappa shape index (κ2) is 10.7. The molecule has 0 radical (unpaired) electrons. The standard InChI is InChI=1S/C24H35N5O2S/c1-17(2)19-6-4-7-20(14-19)25-22(30)16-32-24-27-26-23(28-11-9-18(3)10-12-28)29(24)15-21-8-5-13-31-21/h4,6-7,14,17-18,21H,5,8-13,15-16H2,1-3H3,(H,25,30). The highest BCUT2D eigenvalue weighted by Gasteiger charge is 2.26. The van der Waals surface area contributed by atoms with Crippen molar-refractivity contribution in [2.45, 2.75) is 70.2 Å². The van der Waals surface area contributed by atoms with E-state index in [0.29, 0.717) is 11.7 Å². The summed E-state index contributed by atoms with van der Waals surface area (Å²) >= 11 is 1.45. The number of ether oxygens (including phenoxy) is 1. The maximum Gasteiger partial charge on any atom is 0.234 e. The van der Waals surface area contributed by atoms with Gasteiger partial charge in [0.1, 0.15) is 0 Å². The minimum Gasteiger partial charge on any atom is -0.376 e. The Bertz CT molecular complexity index is 902. The van der Waals surface area contributed by atoms with Crippen LogP contribution in [0.4, 0.5) is 11.6 Å². The number of amides is 1. The third-order valence-electron chi connectivity index (χ3n) is 6.34. The number of piperidine rings is 1. The van der Waals surface area contributed by atoms with Crippen LogP contribution in [0.3, 0.4) is 0 Å². The molecule has 1 aromatic carbocycles.